The Morgan fingerprint density at radius 2 is 1.52 bits per heavy atom. The Balaban J connectivity index is 1.70. The van der Waals surface area contributed by atoms with Gasteiger partial charge in [0, 0.05) is 17.5 Å². The van der Waals surface area contributed by atoms with Crippen LogP contribution in [0.5, 0.6) is 5.75 Å². The molecule has 27 heavy (non-hydrogen) atoms. The third-order valence-electron chi connectivity index (χ3n) is 5.12. The minimum absolute atomic E-state index is 0.118. The predicted octanol–water partition coefficient (Wildman–Crippen LogP) is 5.90. The van der Waals surface area contributed by atoms with Crippen molar-refractivity contribution >= 4 is 17.4 Å². The molecule has 3 aromatic carbocycles. The maximum absolute atomic E-state index is 13.0. The van der Waals surface area contributed by atoms with Gasteiger partial charge in [0.05, 0.1) is 5.92 Å². The molecule has 0 amide bonds. The smallest absolute Gasteiger partial charge is 0.169 e. The molecule has 0 fully saturated rings. The molecule has 0 bridgehead atoms. The summed E-state index contributed by atoms with van der Waals surface area (Å²) in [5.41, 5.74) is 4.15. The van der Waals surface area contributed by atoms with E-state index in [2.05, 4.69) is 24.3 Å². The second kappa shape index (κ2) is 7.63. The third-order valence-corrected chi connectivity index (χ3v) is 5.12. The largest absolute Gasteiger partial charge is 0.489 e. The van der Waals surface area contributed by atoms with Crippen molar-refractivity contribution in [3.63, 3.8) is 0 Å². The fraction of sp³-hybridized carbons (Fsp3) is 0.160. The maximum Gasteiger partial charge on any atom is 0.169 e. The molecule has 134 valence electrons. The fourth-order valence-corrected chi connectivity index (χ4v) is 3.54. The average Bonchev–Trinajstić information content (AvgIpc) is 2.94. The highest BCUT2D eigenvalue weighted by Crippen LogP contribution is 2.35. The lowest BCUT2D eigenvalue weighted by Crippen LogP contribution is -2.31. The number of ketones is 1. The van der Waals surface area contributed by atoms with Crippen molar-refractivity contribution in [3.05, 3.63) is 102 Å². The number of para-hydroxylation sites is 1. The molecular weight excluding hydrogens is 332 g/mol. The van der Waals surface area contributed by atoms with Crippen LogP contribution in [0.2, 0.25) is 0 Å². The van der Waals surface area contributed by atoms with E-state index in [9.17, 15) is 4.79 Å². The number of carbonyl (C=O) groups excluding carboxylic acids is 1. The van der Waals surface area contributed by atoms with Crippen molar-refractivity contribution in [1.82, 2.24) is 0 Å². The van der Waals surface area contributed by atoms with E-state index in [4.69, 9.17) is 4.74 Å². The number of hydrogen-bond donors (Lipinski definition) is 0. The normalized spacial score (nSPS) is 17.1. The topological polar surface area (TPSA) is 26.3 Å². The van der Waals surface area contributed by atoms with Gasteiger partial charge in [0.15, 0.2) is 5.78 Å². The summed E-state index contributed by atoms with van der Waals surface area (Å²) in [7, 11) is 0. The first-order valence-corrected chi connectivity index (χ1v) is 9.33. The van der Waals surface area contributed by atoms with Crippen LogP contribution in [-0.2, 0) is 0 Å². The number of hydrogen-bond acceptors (Lipinski definition) is 2. The van der Waals surface area contributed by atoms with Crippen LogP contribution in [-0.4, -0.2) is 11.9 Å². The molecule has 2 atom stereocenters. The van der Waals surface area contributed by atoms with Crippen molar-refractivity contribution in [2.24, 2.45) is 5.92 Å². The Morgan fingerprint density at radius 3 is 2.26 bits per heavy atom. The molecule has 2 nitrogen and oxygen atoms in total. The molecular formula is C25H22O2. The SMILES string of the molecule is CC(C(=O)c1ccccc1)C1CC(c2ccccc2)=Cc2ccccc2O1. The van der Waals surface area contributed by atoms with Gasteiger partial charge in [0.25, 0.3) is 0 Å². The minimum atomic E-state index is -0.245. The fourth-order valence-electron chi connectivity index (χ4n) is 3.54. The van der Waals surface area contributed by atoms with Crippen molar-refractivity contribution in [2.75, 3.05) is 0 Å². The van der Waals surface area contributed by atoms with Crippen LogP contribution in [0.25, 0.3) is 11.6 Å². The second-order valence-corrected chi connectivity index (χ2v) is 6.95. The van der Waals surface area contributed by atoms with Crippen molar-refractivity contribution < 1.29 is 9.53 Å². The van der Waals surface area contributed by atoms with E-state index in [1.54, 1.807) is 0 Å². The summed E-state index contributed by atoms with van der Waals surface area (Å²) in [6.45, 7) is 1.97. The first-order chi connectivity index (χ1) is 13.2. The van der Waals surface area contributed by atoms with Crippen LogP contribution in [0.15, 0.2) is 84.9 Å². The van der Waals surface area contributed by atoms with Gasteiger partial charge in [-0.1, -0.05) is 85.8 Å². The second-order valence-electron chi connectivity index (χ2n) is 6.95. The molecule has 0 saturated heterocycles. The van der Waals surface area contributed by atoms with Gasteiger partial charge >= 0.3 is 0 Å². The van der Waals surface area contributed by atoms with E-state index in [0.717, 1.165) is 16.9 Å². The molecule has 0 saturated carbocycles. The molecule has 3 aromatic rings. The monoisotopic (exact) mass is 354 g/mol. The van der Waals surface area contributed by atoms with Gasteiger partial charge in [0.1, 0.15) is 11.9 Å². The summed E-state index contributed by atoms with van der Waals surface area (Å²) in [6, 6.07) is 27.8. The Morgan fingerprint density at radius 1 is 0.889 bits per heavy atom. The highest BCUT2D eigenvalue weighted by atomic mass is 16.5. The van der Waals surface area contributed by atoms with Crippen molar-refractivity contribution in [1.29, 1.82) is 0 Å². The van der Waals surface area contributed by atoms with E-state index in [0.29, 0.717) is 6.42 Å². The predicted molar refractivity (Wildman–Crippen MR) is 110 cm³/mol. The summed E-state index contributed by atoms with van der Waals surface area (Å²) < 4.78 is 6.34. The lowest BCUT2D eigenvalue weighted by molar-refractivity contribution is 0.0782. The molecule has 1 heterocycles. The molecule has 0 aliphatic carbocycles. The van der Waals surface area contributed by atoms with Gasteiger partial charge in [0.2, 0.25) is 0 Å². The standard InChI is InChI=1S/C25H22O2/c1-18(25(26)20-12-6-3-7-13-20)24-17-22(19-10-4-2-5-11-19)16-21-14-8-9-15-23(21)27-24/h2-16,18,24H,17H2,1H3. The number of carbonyl (C=O) groups is 1. The van der Waals surface area contributed by atoms with Crippen LogP contribution in [0, 0.1) is 5.92 Å². The lowest BCUT2D eigenvalue weighted by Gasteiger charge is -2.24. The molecule has 1 aliphatic heterocycles. The van der Waals surface area contributed by atoms with E-state index in [1.807, 2.05) is 73.7 Å². The molecule has 0 aromatic heterocycles. The summed E-state index contributed by atoms with van der Waals surface area (Å²) >= 11 is 0. The van der Waals surface area contributed by atoms with Crippen molar-refractivity contribution in [3.8, 4) is 5.75 Å². The van der Waals surface area contributed by atoms with Crippen LogP contribution in [0.3, 0.4) is 0 Å². The summed E-state index contributed by atoms with van der Waals surface area (Å²) in [6.07, 6.45) is 2.66. The first-order valence-electron chi connectivity index (χ1n) is 9.33. The summed E-state index contributed by atoms with van der Waals surface area (Å²) in [4.78, 5) is 13.0. The molecule has 4 rings (SSSR count). The Hall–Kier alpha value is -3.13. The van der Waals surface area contributed by atoms with Gasteiger partial charge in [-0.15, -0.1) is 0 Å². The molecule has 0 spiro atoms. The molecule has 0 radical (unpaired) electrons. The molecule has 2 heteroatoms. The van der Waals surface area contributed by atoms with Gasteiger partial charge in [-0.3, -0.25) is 4.79 Å². The Kier molecular flexibility index (Phi) is 4.88. The molecule has 0 N–H and O–H groups in total. The third kappa shape index (κ3) is 3.70. The van der Waals surface area contributed by atoms with Crippen LogP contribution in [0.4, 0.5) is 0 Å². The van der Waals surface area contributed by atoms with Gasteiger partial charge in [-0.05, 0) is 23.3 Å². The van der Waals surface area contributed by atoms with Crippen LogP contribution >= 0.6 is 0 Å². The van der Waals surface area contributed by atoms with Crippen molar-refractivity contribution in [2.45, 2.75) is 19.4 Å². The maximum atomic E-state index is 13.0. The highest BCUT2D eigenvalue weighted by Gasteiger charge is 2.30. The zero-order valence-electron chi connectivity index (χ0n) is 15.3. The Labute approximate surface area is 160 Å². The summed E-state index contributed by atoms with van der Waals surface area (Å²) in [5, 5.41) is 0. The van der Waals surface area contributed by atoms with Crippen LogP contribution in [0.1, 0.15) is 34.8 Å². The first kappa shape index (κ1) is 17.3. The molecule has 1 aliphatic rings. The van der Waals surface area contributed by atoms with E-state index < -0.39 is 0 Å². The van der Waals surface area contributed by atoms with E-state index >= 15 is 0 Å². The summed E-state index contributed by atoms with van der Waals surface area (Å²) in [5.74, 6) is 0.708. The molecule has 2 unspecified atom stereocenters. The number of benzene rings is 3. The van der Waals surface area contributed by atoms with E-state index in [-0.39, 0.29) is 17.8 Å². The number of rotatable bonds is 4. The van der Waals surface area contributed by atoms with E-state index in [1.165, 1.54) is 11.1 Å². The number of Topliss-reactive ketones (excluding diaryl/α,β-unsaturated/α-hetero) is 1. The Bertz CT molecular complexity index is 958. The zero-order valence-corrected chi connectivity index (χ0v) is 15.3. The number of fused-ring (bicyclic) bond motifs is 1. The quantitative estimate of drug-likeness (QED) is 0.546. The number of ether oxygens (including phenoxy) is 1. The van der Waals surface area contributed by atoms with Crippen LogP contribution < -0.4 is 4.74 Å². The van der Waals surface area contributed by atoms with Gasteiger partial charge in [-0.2, -0.15) is 0 Å². The zero-order chi connectivity index (χ0) is 18.6. The minimum Gasteiger partial charge on any atom is -0.489 e. The lowest BCUT2D eigenvalue weighted by atomic mass is 9.88. The highest BCUT2D eigenvalue weighted by molar-refractivity contribution is 5.98. The van der Waals surface area contributed by atoms with Gasteiger partial charge < -0.3 is 4.74 Å². The average molecular weight is 354 g/mol. The van der Waals surface area contributed by atoms with Gasteiger partial charge in [-0.25, -0.2) is 0 Å².